The third-order valence-corrected chi connectivity index (χ3v) is 4.24. The number of hydrogen-bond acceptors (Lipinski definition) is 4. The summed E-state index contributed by atoms with van der Waals surface area (Å²) in [6.07, 6.45) is 5.20. The fourth-order valence-corrected chi connectivity index (χ4v) is 3.00. The van der Waals surface area contributed by atoms with Crippen molar-refractivity contribution >= 4 is 16.6 Å². The maximum absolute atomic E-state index is 10.5. The lowest BCUT2D eigenvalue weighted by molar-refractivity contribution is 0.0167. The Hall–Kier alpha value is -1.68. The molecule has 4 heteroatoms. The van der Waals surface area contributed by atoms with Crippen molar-refractivity contribution in [3.05, 3.63) is 30.0 Å². The van der Waals surface area contributed by atoms with Gasteiger partial charge in [0.25, 0.3) is 0 Å². The Kier molecular flexibility index (Phi) is 3.57. The Balaban J connectivity index is 1.82. The van der Waals surface area contributed by atoms with Gasteiger partial charge >= 0.3 is 0 Å². The first-order chi connectivity index (χ1) is 9.68. The van der Waals surface area contributed by atoms with Gasteiger partial charge in [-0.15, -0.1) is 5.10 Å². The van der Waals surface area contributed by atoms with Crippen molar-refractivity contribution in [3.8, 4) is 0 Å². The van der Waals surface area contributed by atoms with E-state index in [0.29, 0.717) is 6.54 Å². The third kappa shape index (κ3) is 2.61. The van der Waals surface area contributed by atoms with Gasteiger partial charge in [-0.2, -0.15) is 5.10 Å². The molecular weight excluding hydrogens is 250 g/mol. The van der Waals surface area contributed by atoms with E-state index in [4.69, 9.17) is 0 Å². The molecule has 0 saturated heterocycles. The molecule has 0 bridgehead atoms. The summed E-state index contributed by atoms with van der Waals surface area (Å²) in [5, 5.41) is 24.5. The maximum Gasteiger partial charge on any atom is 0.156 e. The van der Waals surface area contributed by atoms with Gasteiger partial charge in [-0.3, -0.25) is 0 Å². The standard InChI is InChI=1S/C16H21N3O/c1-12-13-7-3-4-8-14(13)15(19-18-12)17-11-16(20)9-5-2-6-10-16/h3-4,7-8,20H,2,5-6,9-11H2,1H3,(H,17,19). The minimum atomic E-state index is -0.591. The highest BCUT2D eigenvalue weighted by Crippen LogP contribution is 2.29. The zero-order chi connectivity index (χ0) is 14.0. The largest absolute Gasteiger partial charge is 0.388 e. The summed E-state index contributed by atoms with van der Waals surface area (Å²) < 4.78 is 0. The summed E-state index contributed by atoms with van der Waals surface area (Å²) in [7, 11) is 0. The molecule has 0 spiro atoms. The minimum absolute atomic E-state index is 0.550. The molecule has 20 heavy (non-hydrogen) atoms. The highest BCUT2D eigenvalue weighted by atomic mass is 16.3. The number of rotatable bonds is 3. The number of anilines is 1. The van der Waals surface area contributed by atoms with Gasteiger partial charge in [0.15, 0.2) is 5.82 Å². The zero-order valence-corrected chi connectivity index (χ0v) is 11.9. The molecule has 106 valence electrons. The fourth-order valence-electron chi connectivity index (χ4n) is 3.00. The molecule has 1 aliphatic rings. The summed E-state index contributed by atoms with van der Waals surface area (Å²) in [6, 6.07) is 8.11. The van der Waals surface area contributed by atoms with Crippen LogP contribution in [-0.2, 0) is 0 Å². The number of nitrogens with one attached hydrogen (secondary N) is 1. The first kappa shape index (κ1) is 13.3. The topological polar surface area (TPSA) is 58.0 Å². The maximum atomic E-state index is 10.5. The Labute approximate surface area is 119 Å². The normalized spacial score (nSPS) is 18.1. The van der Waals surface area contributed by atoms with Crippen LogP contribution in [0.3, 0.4) is 0 Å². The Morgan fingerprint density at radius 3 is 2.55 bits per heavy atom. The van der Waals surface area contributed by atoms with Crippen LogP contribution >= 0.6 is 0 Å². The molecule has 1 aromatic carbocycles. The molecule has 1 aliphatic carbocycles. The van der Waals surface area contributed by atoms with E-state index < -0.39 is 5.60 Å². The second kappa shape index (κ2) is 5.37. The number of fused-ring (bicyclic) bond motifs is 1. The summed E-state index contributed by atoms with van der Waals surface area (Å²) in [5.41, 5.74) is 0.342. The van der Waals surface area contributed by atoms with Gasteiger partial charge in [-0.25, -0.2) is 0 Å². The molecule has 4 nitrogen and oxygen atoms in total. The van der Waals surface area contributed by atoms with Crippen LogP contribution in [-0.4, -0.2) is 27.4 Å². The molecule has 0 amide bonds. The van der Waals surface area contributed by atoms with Crippen LogP contribution in [0.2, 0.25) is 0 Å². The number of aryl methyl sites for hydroxylation is 1. The van der Waals surface area contributed by atoms with Gasteiger partial charge in [-0.1, -0.05) is 43.5 Å². The lowest BCUT2D eigenvalue weighted by atomic mass is 9.85. The molecule has 0 atom stereocenters. The fraction of sp³-hybridized carbons (Fsp3) is 0.500. The van der Waals surface area contributed by atoms with E-state index in [1.165, 1.54) is 6.42 Å². The molecular formula is C16H21N3O. The lowest BCUT2D eigenvalue weighted by Gasteiger charge is -2.32. The first-order valence-electron chi connectivity index (χ1n) is 7.36. The molecule has 3 rings (SSSR count). The summed E-state index contributed by atoms with van der Waals surface area (Å²) in [5.74, 6) is 0.769. The number of benzene rings is 1. The highest BCUT2D eigenvalue weighted by Gasteiger charge is 2.29. The monoisotopic (exact) mass is 271 g/mol. The van der Waals surface area contributed by atoms with E-state index in [2.05, 4.69) is 21.6 Å². The Bertz CT molecular complexity index is 606. The molecule has 1 heterocycles. The molecule has 2 aromatic rings. The average Bonchev–Trinajstić information content (AvgIpc) is 2.48. The molecule has 0 aliphatic heterocycles. The molecule has 2 N–H and O–H groups in total. The Morgan fingerprint density at radius 1 is 1.10 bits per heavy atom. The second-order valence-electron chi connectivity index (χ2n) is 5.82. The number of hydrogen-bond donors (Lipinski definition) is 2. The van der Waals surface area contributed by atoms with Crippen LogP contribution in [0.1, 0.15) is 37.8 Å². The second-order valence-corrected chi connectivity index (χ2v) is 5.82. The minimum Gasteiger partial charge on any atom is -0.388 e. The van der Waals surface area contributed by atoms with E-state index in [-0.39, 0.29) is 0 Å². The summed E-state index contributed by atoms with van der Waals surface area (Å²) in [6.45, 7) is 2.52. The van der Waals surface area contributed by atoms with Crippen molar-refractivity contribution in [1.82, 2.24) is 10.2 Å². The van der Waals surface area contributed by atoms with Crippen molar-refractivity contribution in [3.63, 3.8) is 0 Å². The summed E-state index contributed by atoms with van der Waals surface area (Å²) in [4.78, 5) is 0. The molecule has 1 fully saturated rings. The number of nitrogens with zero attached hydrogens (tertiary/aromatic N) is 2. The quantitative estimate of drug-likeness (QED) is 0.901. The van der Waals surface area contributed by atoms with Crippen molar-refractivity contribution in [2.45, 2.75) is 44.6 Å². The van der Waals surface area contributed by atoms with Gasteiger partial charge in [0, 0.05) is 17.3 Å². The van der Waals surface area contributed by atoms with E-state index in [1.54, 1.807) is 0 Å². The van der Waals surface area contributed by atoms with Crippen LogP contribution in [0, 0.1) is 6.92 Å². The average molecular weight is 271 g/mol. The van der Waals surface area contributed by atoms with Crippen LogP contribution in [0.15, 0.2) is 24.3 Å². The summed E-state index contributed by atoms with van der Waals surface area (Å²) >= 11 is 0. The van der Waals surface area contributed by atoms with Crippen LogP contribution in [0.25, 0.3) is 10.8 Å². The van der Waals surface area contributed by atoms with E-state index in [9.17, 15) is 5.11 Å². The van der Waals surface area contributed by atoms with Gasteiger partial charge in [0.2, 0.25) is 0 Å². The van der Waals surface area contributed by atoms with Crippen molar-refractivity contribution in [2.24, 2.45) is 0 Å². The molecule has 1 saturated carbocycles. The van der Waals surface area contributed by atoms with E-state index >= 15 is 0 Å². The van der Waals surface area contributed by atoms with Crippen molar-refractivity contribution < 1.29 is 5.11 Å². The Morgan fingerprint density at radius 2 is 1.80 bits per heavy atom. The predicted octanol–water partition coefficient (Wildman–Crippen LogP) is 3.05. The predicted molar refractivity (Wildman–Crippen MR) is 80.8 cm³/mol. The number of aliphatic hydroxyl groups is 1. The van der Waals surface area contributed by atoms with Crippen LogP contribution < -0.4 is 5.32 Å². The first-order valence-corrected chi connectivity index (χ1v) is 7.36. The molecule has 0 unspecified atom stereocenters. The van der Waals surface area contributed by atoms with Gasteiger partial charge in [0.05, 0.1) is 11.3 Å². The van der Waals surface area contributed by atoms with Gasteiger partial charge in [-0.05, 0) is 19.8 Å². The number of aromatic nitrogens is 2. The lowest BCUT2D eigenvalue weighted by Crippen LogP contribution is -2.39. The van der Waals surface area contributed by atoms with Gasteiger partial charge < -0.3 is 10.4 Å². The highest BCUT2D eigenvalue weighted by molar-refractivity contribution is 5.92. The van der Waals surface area contributed by atoms with Gasteiger partial charge in [0.1, 0.15) is 0 Å². The van der Waals surface area contributed by atoms with E-state index in [0.717, 1.165) is 48.0 Å². The smallest absolute Gasteiger partial charge is 0.156 e. The van der Waals surface area contributed by atoms with Crippen molar-refractivity contribution in [1.29, 1.82) is 0 Å². The molecule has 1 aromatic heterocycles. The SMILES string of the molecule is Cc1nnc(NCC2(O)CCCCC2)c2ccccc12. The van der Waals surface area contributed by atoms with Crippen molar-refractivity contribution in [2.75, 3.05) is 11.9 Å². The third-order valence-electron chi connectivity index (χ3n) is 4.24. The zero-order valence-electron chi connectivity index (χ0n) is 11.9. The van der Waals surface area contributed by atoms with E-state index in [1.807, 2.05) is 25.1 Å². The molecule has 0 radical (unpaired) electrons. The van der Waals surface area contributed by atoms with Crippen LogP contribution in [0.4, 0.5) is 5.82 Å². The van der Waals surface area contributed by atoms with Crippen LogP contribution in [0.5, 0.6) is 0 Å².